The number of carbonyl (C=O) groups excluding carboxylic acids is 1. The van der Waals surface area contributed by atoms with Crippen LogP contribution in [-0.2, 0) is 4.74 Å². The number of hydrogen-bond acceptors (Lipinski definition) is 5. The number of hydrogen-bond donors (Lipinski definition) is 2. The Labute approximate surface area is 141 Å². The number of ether oxygens (including phenoxy) is 1. The molecule has 2 fully saturated rings. The smallest absolute Gasteiger partial charge is 0.414 e. The number of thiocarbonyl (C=S) groups is 1. The minimum absolute atomic E-state index is 0.173. The SMILES string of the molecule is CC(=S)NC[C@H]1CN(c2ccc(N3CCNCC3)cc2)C(=O)O1. The Morgan fingerprint density at radius 3 is 2.61 bits per heavy atom. The number of cyclic esters (lactones) is 1. The molecule has 3 rings (SSSR count). The first kappa shape index (κ1) is 16.0. The molecule has 0 spiro atoms. The Morgan fingerprint density at radius 2 is 1.96 bits per heavy atom. The molecule has 0 saturated carbocycles. The molecule has 0 radical (unpaired) electrons. The number of amides is 1. The molecule has 2 aliphatic rings. The molecule has 2 N–H and O–H groups in total. The van der Waals surface area contributed by atoms with Gasteiger partial charge in [-0.25, -0.2) is 4.79 Å². The van der Waals surface area contributed by atoms with Gasteiger partial charge in [0.25, 0.3) is 0 Å². The Morgan fingerprint density at radius 1 is 1.30 bits per heavy atom. The molecule has 0 aliphatic carbocycles. The van der Waals surface area contributed by atoms with Gasteiger partial charge in [0, 0.05) is 37.6 Å². The van der Waals surface area contributed by atoms with Crippen molar-refractivity contribution in [2.24, 2.45) is 0 Å². The lowest BCUT2D eigenvalue weighted by atomic mass is 10.2. The quantitative estimate of drug-likeness (QED) is 0.811. The van der Waals surface area contributed by atoms with Crippen molar-refractivity contribution in [2.75, 3.05) is 49.1 Å². The fraction of sp³-hybridized carbons (Fsp3) is 0.500. The number of anilines is 2. The predicted molar refractivity (Wildman–Crippen MR) is 95.4 cm³/mol. The molecule has 1 amide bonds. The maximum Gasteiger partial charge on any atom is 0.414 e. The summed E-state index contributed by atoms with van der Waals surface area (Å²) in [6.45, 7) is 6.95. The van der Waals surface area contributed by atoms with Crippen LogP contribution in [0, 0.1) is 0 Å². The minimum atomic E-state index is -0.297. The van der Waals surface area contributed by atoms with Crippen molar-refractivity contribution in [2.45, 2.75) is 13.0 Å². The van der Waals surface area contributed by atoms with E-state index in [-0.39, 0.29) is 12.2 Å². The number of carbonyl (C=O) groups is 1. The van der Waals surface area contributed by atoms with Crippen molar-refractivity contribution >= 4 is 34.7 Å². The van der Waals surface area contributed by atoms with Crippen LogP contribution in [0.25, 0.3) is 0 Å². The van der Waals surface area contributed by atoms with Crippen molar-refractivity contribution in [3.63, 3.8) is 0 Å². The van der Waals surface area contributed by atoms with Gasteiger partial charge in [0.15, 0.2) is 0 Å². The van der Waals surface area contributed by atoms with Crippen LogP contribution in [0.1, 0.15) is 6.92 Å². The molecular weight excluding hydrogens is 312 g/mol. The largest absolute Gasteiger partial charge is 0.442 e. The minimum Gasteiger partial charge on any atom is -0.442 e. The molecule has 2 heterocycles. The highest BCUT2D eigenvalue weighted by molar-refractivity contribution is 7.80. The average molecular weight is 334 g/mol. The van der Waals surface area contributed by atoms with Crippen molar-refractivity contribution in [3.8, 4) is 0 Å². The van der Waals surface area contributed by atoms with Crippen molar-refractivity contribution in [1.29, 1.82) is 0 Å². The highest BCUT2D eigenvalue weighted by Gasteiger charge is 2.32. The van der Waals surface area contributed by atoms with E-state index in [0.717, 1.165) is 31.9 Å². The summed E-state index contributed by atoms with van der Waals surface area (Å²) in [4.78, 5) is 16.8. The van der Waals surface area contributed by atoms with E-state index < -0.39 is 0 Å². The average Bonchev–Trinajstić information content (AvgIpc) is 2.95. The van der Waals surface area contributed by atoms with E-state index in [2.05, 4.69) is 27.7 Å². The van der Waals surface area contributed by atoms with Crippen LogP contribution in [0.4, 0.5) is 16.2 Å². The zero-order valence-corrected chi connectivity index (χ0v) is 14.1. The van der Waals surface area contributed by atoms with E-state index in [1.165, 1.54) is 5.69 Å². The molecule has 0 aromatic heterocycles. The Bertz CT molecular complexity index is 572. The van der Waals surface area contributed by atoms with Crippen LogP contribution >= 0.6 is 12.2 Å². The monoisotopic (exact) mass is 334 g/mol. The van der Waals surface area contributed by atoms with Crippen LogP contribution in [0.2, 0.25) is 0 Å². The van der Waals surface area contributed by atoms with E-state index in [0.29, 0.717) is 18.1 Å². The highest BCUT2D eigenvalue weighted by atomic mass is 32.1. The van der Waals surface area contributed by atoms with Gasteiger partial charge in [0.1, 0.15) is 6.10 Å². The standard InChI is InChI=1S/C16H22N4O2S/c1-12(23)18-10-15-11-20(16(21)22-15)14-4-2-13(3-5-14)19-8-6-17-7-9-19/h2-5,15,17H,6-11H2,1H3,(H,18,23)/t15-/m0/s1. The maximum absolute atomic E-state index is 12.0. The molecule has 1 aromatic rings. The van der Waals surface area contributed by atoms with Crippen molar-refractivity contribution < 1.29 is 9.53 Å². The molecule has 124 valence electrons. The number of piperazine rings is 1. The molecule has 2 aliphatic heterocycles. The van der Waals surface area contributed by atoms with Gasteiger partial charge < -0.3 is 20.3 Å². The predicted octanol–water partition coefficient (Wildman–Crippen LogP) is 1.36. The highest BCUT2D eigenvalue weighted by Crippen LogP contribution is 2.25. The van der Waals surface area contributed by atoms with Crippen LogP contribution in [0.5, 0.6) is 0 Å². The van der Waals surface area contributed by atoms with E-state index in [1.807, 2.05) is 19.1 Å². The summed E-state index contributed by atoms with van der Waals surface area (Å²) in [7, 11) is 0. The first-order valence-electron chi connectivity index (χ1n) is 7.92. The van der Waals surface area contributed by atoms with Crippen molar-refractivity contribution in [3.05, 3.63) is 24.3 Å². The second kappa shape index (κ2) is 7.14. The van der Waals surface area contributed by atoms with Gasteiger partial charge in [-0.15, -0.1) is 0 Å². The summed E-state index contributed by atoms with van der Waals surface area (Å²) in [6, 6.07) is 8.11. The summed E-state index contributed by atoms with van der Waals surface area (Å²) in [5.41, 5.74) is 2.06. The van der Waals surface area contributed by atoms with Gasteiger partial charge in [-0.1, -0.05) is 12.2 Å². The third-order valence-corrected chi connectivity index (χ3v) is 4.24. The van der Waals surface area contributed by atoms with Gasteiger partial charge in [-0.3, -0.25) is 4.90 Å². The van der Waals surface area contributed by atoms with Gasteiger partial charge in [-0.2, -0.15) is 0 Å². The maximum atomic E-state index is 12.0. The molecule has 2 saturated heterocycles. The second-order valence-corrected chi connectivity index (χ2v) is 6.42. The summed E-state index contributed by atoms with van der Waals surface area (Å²) in [5, 5.41) is 6.39. The molecule has 6 nitrogen and oxygen atoms in total. The third kappa shape index (κ3) is 3.92. The Balaban J connectivity index is 1.62. The lowest BCUT2D eigenvalue weighted by molar-refractivity contribution is 0.143. The van der Waals surface area contributed by atoms with Crippen LogP contribution in [0.15, 0.2) is 24.3 Å². The molecule has 0 unspecified atom stereocenters. The van der Waals surface area contributed by atoms with Crippen LogP contribution in [-0.4, -0.2) is 56.5 Å². The first-order chi connectivity index (χ1) is 11.1. The number of rotatable bonds is 4. The molecule has 7 heteroatoms. The Hall–Kier alpha value is -1.86. The first-order valence-corrected chi connectivity index (χ1v) is 8.32. The number of benzene rings is 1. The molecule has 1 atom stereocenters. The van der Waals surface area contributed by atoms with Gasteiger partial charge in [0.05, 0.1) is 18.1 Å². The Kier molecular flexibility index (Phi) is 4.97. The topological polar surface area (TPSA) is 56.8 Å². The number of nitrogens with one attached hydrogen (secondary N) is 2. The van der Waals surface area contributed by atoms with E-state index in [4.69, 9.17) is 17.0 Å². The van der Waals surface area contributed by atoms with E-state index >= 15 is 0 Å². The summed E-state index contributed by atoms with van der Waals surface area (Å²) < 4.78 is 5.37. The van der Waals surface area contributed by atoms with E-state index in [9.17, 15) is 4.79 Å². The fourth-order valence-electron chi connectivity index (χ4n) is 2.86. The lowest BCUT2D eigenvalue weighted by Crippen LogP contribution is -2.43. The number of nitrogens with zero attached hydrogens (tertiary/aromatic N) is 2. The summed E-state index contributed by atoms with van der Waals surface area (Å²) >= 11 is 4.98. The molecule has 0 bridgehead atoms. The van der Waals surface area contributed by atoms with Gasteiger partial charge in [-0.05, 0) is 31.2 Å². The summed E-state index contributed by atoms with van der Waals surface area (Å²) in [6.07, 6.45) is -0.470. The van der Waals surface area contributed by atoms with Crippen LogP contribution in [0.3, 0.4) is 0 Å². The second-order valence-electron chi connectivity index (χ2n) is 5.81. The zero-order valence-electron chi connectivity index (χ0n) is 13.2. The molecule has 1 aromatic carbocycles. The summed E-state index contributed by atoms with van der Waals surface area (Å²) in [5.74, 6) is 0. The lowest BCUT2D eigenvalue weighted by Gasteiger charge is -2.29. The van der Waals surface area contributed by atoms with Gasteiger partial charge >= 0.3 is 6.09 Å². The van der Waals surface area contributed by atoms with Crippen molar-refractivity contribution in [1.82, 2.24) is 10.6 Å². The van der Waals surface area contributed by atoms with Gasteiger partial charge in [0.2, 0.25) is 0 Å². The van der Waals surface area contributed by atoms with Crippen LogP contribution < -0.4 is 20.4 Å². The van der Waals surface area contributed by atoms with E-state index in [1.54, 1.807) is 4.90 Å². The molecule has 23 heavy (non-hydrogen) atoms. The molecular formula is C16H22N4O2S. The fourth-order valence-corrected chi connectivity index (χ4v) is 2.95. The normalized spacial score (nSPS) is 21.3. The zero-order chi connectivity index (χ0) is 16.2. The third-order valence-electron chi connectivity index (χ3n) is 4.10.